The van der Waals surface area contributed by atoms with Gasteiger partial charge in [-0.2, -0.15) is 0 Å². The number of nitrogens with zero attached hydrogens (tertiary/aromatic N) is 3. The van der Waals surface area contributed by atoms with Crippen LogP contribution in [0.25, 0.3) is 0 Å². The number of piperidine rings is 3. The van der Waals surface area contributed by atoms with Crippen LogP contribution in [0.5, 0.6) is 0 Å². The average molecular weight is 342 g/mol. The second-order valence-corrected chi connectivity index (χ2v) is 7.24. The Bertz CT molecular complexity index is 730. The number of hydrogen-bond donors (Lipinski definition) is 3. The first-order valence-corrected chi connectivity index (χ1v) is 9.11. The van der Waals surface area contributed by atoms with Crippen LogP contribution >= 0.6 is 0 Å². The number of anilines is 1. The van der Waals surface area contributed by atoms with Gasteiger partial charge in [0, 0.05) is 18.5 Å². The van der Waals surface area contributed by atoms with Gasteiger partial charge in [0.25, 0.3) is 0 Å². The minimum absolute atomic E-state index is 0.117. The molecule has 1 amide bonds. The smallest absolute Gasteiger partial charge is 0.233 e. The molecule has 1 aromatic carbocycles. The predicted octanol–water partition coefficient (Wildman–Crippen LogP) is -1.05. The van der Waals surface area contributed by atoms with Crippen molar-refractivity contribution in [2.24, 2.45) is 11.8 Å². The number of hydrogen-bond acceptors (Lipinski definition) is 3. The molecule has 132 valence electrons. The Morgan fingerprint density at radius 2 is 2.20 bits per heavy atom. The Kier molecular flexibility index (Phi) is 4.50. The quantitative estimate of drug-likeness (QED) is 0.648. The van der Waals surface area contributed by atoms with Gasteiger partial charge in [-0.05, 0) is 18.1 Å². The molecule has 2 bridgehead atoms. The number of nitrogens with one attached hydrogen (secondary N) is 2. The second-order valence-electron chi connectivity index (χ2n) is 7.24. The Morgan fingerprint density at radius 3 is 2.88 bits per heavy atom. The summed E-state index contributed by atoms with van der Waals surface area (Å²) in [6.07, 6.45) is 4.22. The lowest BCUT2D eigenvalue weighted by atomic mass is 9.75. The number of amides is 1. The van der Waals surface area contributed by atoms with E-state index in [2.05, 4.69) is 21.4 Å². The Morgan fingerprint density at radius 1 is 1.36 bits per heavy atom. The minimum atomic E-state index is 0.117. The molecule has 5 N–H and O–H groups in total. The fourth-order valence-electron chi connectivity index (χ4n) is 4.34. The molecule has 4 atom stereocenters. The predicted molar refractivity (Wildman–Crippen MR) is 92.4 cm³/mol. The molecule has 0 spiro atoms. The topological polar surface area (TPSA) is 91.9 Å². The molecular weight excluding hydrogens is 316 g/mol. The lowest BCUT2D eigenvalue weighted by molar-refractivity contribution is -0.945. The molecule has 0 aliphatic carbocycles. The number of carbonyl (C=O) groups excluding carboxylic acids is 1. The van der Waals surface area contributed by atoms with Crippen LogP contribution in [0.15, 0.2) is 36.5 Å². The van der Waals surface area contributed by atoms with Gasteiger partial charge < -0.3 is 16.0 Å². The van der Waals surface area contributed by atoms with Gasteiger partial charge in [0.05, 0.1) is 31.7 Å². The van der Waals surface area contributed by atoms with Gasteiger partial charge in [-0.25, -0.2) is 4.68 Å². The van der Waals surface area contributed by atoms with E-state index in [1.165, 1.54) is 4.90 Å². The number of para-hydroxylation sites is 1. The van der Waals surface area contributed by atoms with E-state index in [9.17, 15) is 4.79 Å². The van der Waals surface area contributed by atoms with E-state index < -0.39 is 0 Å². The molecule has 0 saturated carbocycles. The zero-order valence-electron chi connectivity index (χ0n) is 14.4. The van der Waals surface area contributed by atoms with Gasteiger partial charge in [-0.3, -0.25) is 4.79 Å². The van der Waals surface area contributed by atoms with E-state index in [-0.39, 0.29) is 11.8 Å². The summed E-state index contributed by atoms with van der Waals surface area (Å²) in [6, 6.07) is 10.3. The summed E-state index contributed by atoms with van der Waals surface area (Å²) >= 11 is 0. The summed E-state index contributed by atoms with van der Waals surface area (Å²) in [7, 11) is 0. The minimum Gasteiger partial charge on any atom is -0.352 e. The summed E-state index contributed by atoms with van der Waals surface area (Å²) in [4.78, 5) is 14.2. The zero-order valence-corrected chi connectivity index (χ0v) is 14.4. The largest absolute Gasteiger partial charge is 0.352 e. The third kappa shape index (κ3) is 3.43. The van der Waals surface area contributed by atoms with E-state index in [0.717, 1.165) is 43.9 Å². The average Bonchev–Trinajstić information content (AvgIpc) is 3.10. The van der Waals surface area contributed by atoms with Crippen molar-refractivity contribution >= 4 is 11.6 Å². The summed E-state index contributed by atoms with van der Waals surface area (Å²) < 4.78 is 1.94. The molecule has 4 heterocycles. The fraction of sp³-hybridized carbons (Fsp3) is 0.500. The number of fused-ring (bicyclic) bond motifs is 3. The fourth-order valence-corrected chi connectivity index (χ4v) is 4.34. The summed E-state index contributed by atoms with van der Waals surface area (Å²) in [5, 5.41) is 11.4. The lowest BCUT2D eigenvalue weighted by Gasteiger charge is -2.46. The summed E-state index contributed by atoms with van der Waals surface area (Å²) in [5.74, 6) is 0.764. The zero-order chi connectivity index (χ0) is 17.2. The molecule has 7 heteroatoms. The first-order chi connectivity index (χ1) is 12.2. The van der Waals surface area contributed by atoms with Gasteiger partial charge in [-0.15, -0.1) is 5.10 Å². The van der Waals surface area contributed by atoms with Crippen molar-refractivity contribution in [3.8, 4) is 0 Å². The Balaban J connectivity index is 1.38. The number of rotatable bonds is 5. The maximum absolute atomic E-state index is 12.7. The Labute approximate surface area is 147 Å². The summed E-state index contributed by atoms with van der Waals surface area (Å²) in [5.41, 5.74) is 5.68. The van der Waals surface area contributed by atoms with Crippen molar-refractivity contribution in [2.45, 2.75) is 32.0 Å². The molecule has 1 aromatic heterocycles. The van der Waals surface area contributed by atoms with Gasteiger partial charge in [0.2, 0.25) is 5.91 Å². The number of aromatic nitrogens is 3. The van der Waals surface area contributed by atoms with Crippen molar-refractivity contribution in [3.05, 3.63) is 42.2 Å². The van der Waals surface area contributed by atoms with Crippen LogP contribution in [0.3, 0.4) is 0 Å². The molecule has 5 rings (SSSR count). The molecule has 3 aliphatic rings. The van der Waals surface area contributed by atoms with E-state index in [1.807, 2.05) is 41.2 Å². The molecule has 25 heavy (non-hydrogen) atoms. The highest BCUT2D eigenvalue weighted by Crippen LogP contribution is 2.28. The lowest BCUT2D eigenvalue weighted by Crippen LogP contribution is -3.20. The van der Waals surface area contributed by atoms with Crippen molar-refractivity contribution in [2.75, 3.05) is 18.4 Å². The van der Waals surface area contributed by atoms with Crippen LogP contribution in [0.1, 0.15) is 18.5 Å². The van der Waals surface area contributed by atoms with Crippen LogP contribution in [0.2, 0.25) is 0 Å². The third-order valence-corrected chi connectivity index (χ3v) is 5.68. The molecule has 3 fully saturated rings. The molecule has 3 saturated heterocycles. The molecule has 0 radical (unpaired) electrons. The van der Waals surface area contributed by atoms with Crippen LogP contribution < -0.4 is 16.0 Å². The van der Waals surface area contributed by atoms with Crippen molar-refractivity contribution in [1.29, 1.82) is 0 Å². The van der Waals surface area contributed by atoms with Crippen molar-refractivity contribution in [1.82, 2.24) is 15.0 Å². The molecule has 2 aromatic rings. The number of benzene rings is 1. The van der Waals surface area contributed by atoms with E-state index >= 15 is 0 Å². The molecule has 7 nitrogen and oxygen atoms in total. The van der Waals surface area contributed by atoms with Gasteiger partial charge in [-0.1, -0.05) is 23.4 Å². The third-order valence-electron chi connectivity index (χ3n) is 5.68. The van der Waals surface area contributed by atoms with Crippen LogP contribution in [0.4, 0.5) is 5.69 Å². The first kappa shape index (κ1) is 16.2. The second kappa shape index (κ2) is 6.93. The monoisotopic (exact) mass is 342 g/mol. The number of quaternary nitrogens is 2. The standard InChI is InChI=1S/C18H24N6O/c19-9-15-10-24(22-21-15)11-16-8-13-6-7-23(16)12-17(13)18(25)20-14-4-2-1-3-5-14/h1-5,10,13,16-17H,6-9,11-12,19H2,(H,20,25)/p+2/t13-,16+,17-/m0/s1. The maximum Gasteiger partial charge on any atom is 0.233 e. The van der Waals surface area contributed by atoms with E-state index in [1.54, 1.807) is 0 Å². The number of carbonyl (C=O) groups is 1. The SMILES string of the molecule is [NH3+]Cc1cn(C[C@H]2C[C@@H]3CC[NH+]2C[C@@H]3C(=O)Nc2ccccc2)nn1. The Hall–Kier alpha value is -2.25. The highest BCUT2D eigenvalue weighted by molar-refractivity contribution is 5.92. The first-order valence-electron chi connectivity index (χ1n) is 9.11. The van der Waals surface area contributed by atoms with Gasteiger partial charge in [0.1, 0.15) is 18.3 Å². The highest BCUT2D eigenvalue weighted by atomic mass is 16.2. The van der Waals surface area contributed by atoms with Crippen molar-refractivity contribution < 1.29 is 15.4 Å². The maximum atomic E-state index is 12.7. The van der Waals surface area contributed by atoms with E-state index in [0.29, 0.717) is 18.5 Å². The van der Waals surface area contributed by atoms with Crippen LogP contribution in [-0.2, 0) is 17.9 Å². The van der Waals surface area contributed by atoms with Gasteiger partial charge in [0.15, 0.2) is 0 Å². The normalized spacial score (nSPS) is 28.0. The van der Waals surface area contributed by atoms with E-state index in [4.69, 9.17) is 0 Å². The molecular formula is C18H26N6O+2. The highest BCUT2D eigenvalue weighted by Gasteiger charge is 2.46. The van der Waals surface area contributed by atoms with Gasteiger partial charge >= 0.3 is 0 Å². The van der Waals surface area contributed by atoms with Crippen LogP contribution in [0, 0.1) is 11.8 Å². The summed E-state index contributed by atoms with van der Waals surface area (Å²) in [6.45, 7) is 3.63. The molecule has 3 aliphatic heterocycles. The van der Waals surface area contributed by atoms with Crippen molar-refractivity contribution in [3.63, 3.8) is 0 Å². The molecule has 1 unspecified atom stereocenters. The van der Waals surface area contributed by atoms with Crippen LogP contribution in [-0.4, -0.2) is 40.0 Å².